The molecule has 0 radical (unpaired) electrons. The Morgan fingerprint density at radius 2 is 2.09 bits per heavy atom. The fourth-order valence-corrected chi connectivity index (χ4v) is 1.69. The van der Waals surface area contributed by atoms with E-state index in [0.29, 0.717) is 12.5 Å². The molecule has 66 valence electrons. The Morgan fingerprint density at radius 1 is 1.55 bits per heavy atom. The second kappa shape index (κ2) is 3.29. The Kier molecular flexibility index (Phi) is 2.78. The highest BCUT2D eigenvalue weighted by molar-refractivity contribution is 8.11. The third-order valence-electron chi connectivity index (χ3n) is 2.11. The van der Waals surface area contributed by atoms with Crippen molar-refractivity contribution < 1.29 is 8.42 Å². The number of halogens is 1. The summed E-state index contributed by atoms with van der Waals surface area (Å²) in [6, 6.07) is 0. The van der Waals surface area contributed by atoms with Crippen molar-refractivity contribution in [3.05, 3.63) is 0 Å². The molecule has 0 aromatic rings. The summed E-state index contributed by atoms with van der Waals surface area (Å²) in [5.41, 5.74) is 0. The molecule has 0 bridgehead atoms. The highest BCUT2D eigenvalue weighted by Crippen LogP contribution is 2.27. The van der Waals surface area contributed by atoms with Crippen LogP contribution in [0.2, 0.25) is 0 Å². The molecule has 0 spiro atoms. The number of nitrogens with zero attached hydrogens (tertiary/aromatic N) is 1. The summed E-state index contributed by atoms with van der Waals surface area (Å²) in [4.78, 5) is 0. The molecule has 5 heteroatoms. The minimum Gasteiger partial charge on any atom is -0.195 e. The molecular weight excluding hydrogens is 186 g/mol. The van der Waals surface area contributed by atoms with Crippen molar-refractivity contribution in [1.82, 2.24) is 4.31 Å². The Labute approximate surface area is 71.9 Å². The molecule has 0 saturated heterocycles. The normalized spacial score (nSPS) is 20.3. The molecule has 1 aliphatic carbocycles. The summed E-state index contributed by atoms with van der Waals surface area (Å²) in [7, 11) is 3.15. The molecular formula is C6H12ClNO2S. The van der Waals surface area contributed by atoms with Gasteiger partial charge >= 0.3 is 0 Å². The average Bonchev–Trinajstić information content (AvgIpc) is 1.75. The third kappa shape index (κ3) is 2.61. The smallest absolute Gasteiger partial charge is 0.195 e. The van der Waals surface area contributed by atoms with Gasteiger partial charge in [-0.1, -0.05) is 6.42 Å². The second-order valence-electron chi connectivity index (χ2n) is 3.02. The largest absolute Gasteiger partial charge is 0.299 e. The van der Waals surface area contributed by atoms with Crippen molar-refractivity contribution in [2.24, 2.45) is 5.92 Å². The second-order valence-corrected chi connectivity index (χ2v) is 5.64. The maximum absolute atomic E-state index is 10.7. The zero-order valence-electron chi connectivity index (χ0n) is 6.46. The van der Waals surface area contributed by atoms with Crippen LogP contribution in [0.5, 0.6) is 0 Å². The Balaban J connectivity index is 2.36. The van der Waals surface area contributed by atoms with E-state index in [1.165, 1.54) is 17.8 Å². The minimum absolute atomic E-state index is 0.536. The van der Waals surface area contributed by atoms with E-state index in [-0.39, 0.29) is 0 Å². The lowest BCUT2D eigenvalue weighted by Gasteiger charge is -2.28. The minimum atomic E-state index is -3.47. The molecule has 0 unspecified atom stereocenters. The van der Waals surface area contributed by atoms with Crippen molar-refractivity contribution >= 4 is 19.9 Å². The first kappa shape index (κ1) is 9.29. The van der Waals surface area contributed by atoms with E-state index in [2.05, 4.69) is 0 Å². The first-order valence-electron chi connectivity index (χ1n) is 3.66. The number of hydrogen-bond donors (Lipinski definition) is 0. The van der Waals surface area contributed by atoms with E-state index in [1.54, 1.807) is 0 Å². The molecule has 0 N–H and O–H groups in total. The van der Waals surface area contributed by atoms with Crippen molar-refractivity contribution in [3.63, 3.8) is 0 Å². The van der Waals surface area contributed by atoms with Gasteiger partial charge in [0.1, 0.15) is 0 Å². The Bertz CT molecular complexity index is 223. The summed E-state index contributed by atoms with van der Waals surface area (Å²) in [5, 5.41) is 0. The number of rotatable bonds is 3. The predicted octanol–water partition coefficient (Wildman–Crippen LogP) is 1.20. The van der Waals surface area contributed by atoms with Crippen LogP contribution in [0.25, 0.3) is 0 Å². The van der Waals surface area contributed by atoms with Crippen molar-refractivity contribution in [2.45, 2.75) is 19.3 Å². The van der Waals surface area contributed by atoms with Gasteiger partial charge in [0.2, 0.25) is 0 Å². The van der Waals surface area contributed by atoms with E-state index in [1.807, 2.05) is 0 Å². The third-order valence-corrected chi connectivity index (χ3v) is 3.71. The maximum atomic E-state index is 10.7. The van der Waals surface area contributed by atoms with Gasteiger partial charge in [-0.05, 0) is 18.8 Å². The summed E-state index contributed by atoms with van der Waals surface area (Å²) in [5.74, 6) is 0.536. The summed E-state index contributed by atoms with van der Waals surface area (Å²) < 4.78 is 22.6. The summed E-state index contributed by atoms with van der Waals surface area (Å²) in [6.07, 6.45) is 3.49. The quantitative estimate of drug-likeness (QED) is 0.638. The first-order chi connectivity index (χ1) is 5.00. The molecule has 0 aromatic heterocycles. The monoisotopic (exact) mass is 197 g/mol. The van der Waals surface area contributed by atoms with Crippen LogP contribution in [0, 0.1) is 5.92 Å². The van der Waals surface area contributed by atoms with Crippen LogP contribution in [0.15, 0.2) is 0 Å². The van der Waals surface area contributed by atoms with Crippen LogP contribution in [-0.4, -0.2) is 26.3 Å². The highest BCUT2D eigenvalue weighted by Gasteiger charge is 2.23. The molecule has 1 fully saturated rings. The van der Waals surface area contributed by atoms with Gasteiger partial charge in [0.25, 0.3) is 9.24 Å². The van der Waals surface area contributed by atoms with Gasteiger partial charge < -0.3 is 0 Å². The lowest BCUT2D eigenvalue weighted by molar-refractivity contribution is 0.265. The van der Waals surface area contributed by atoms with E-state index in [4.69, 9.17) is 10.7 Å². The molecule has 1 saturated carbocycles. The van der Waals surface area contributed by atoms with E-state index < -0.39 is 9.24 Å². The topological polar surface area (TPSA) is 37.4 Å². The van der Waals surface area contributed by atoms with Crippen molar-refractivity contribution in [2.75, 3.05) is 13.6 Å². The average molecular weight is 198 g/mol. The summed E-state index contributed by atoms with van der Waals surface area (Å²) in [6.45, 7) is 0.575. The molecule has 0 aromatic carbocycles. The van der Waals surface area contributed by atoms with Crippen LogP contribution in [-0.2, 0) is 9.24 Å². The summed E-state index contributed by atoms with van der Waals surface area (Å²) >= 11 is 0. The van der Waals surface area contributed by atoms with Crippen LogP contribution in [0.1, 0.15) is 19.3 Å². The van der Waals surface area contributed by atoms with Gasteiger partial charge in [0.05, 0.1) is 0 Å². The first-order valence-corrected chi connectivity index (χ1v) is 5.92. The van der Waals surface area contributed by atoms with Crippen LogP contribution in [0.3, 0.4) is 0 Å². The van der Waals surface area contributed by atoms with Crippen LogP contribution < -0.4 is 0 Å². The van der Waals surface area contributed by atoms with E-state index in [0.717, 1.165) is 12.8 Å². The Hall–Kier alpha value is 0.200. The zero-order chi connectivity index (χ0) is 8.48. The molecule has 11 heavy (non-hydrogen) atoms. The SMILES string of the molecule is CN(CC1CCC1)S(=O)(=O)Cl. The molecule has 1 aliphatic rings. The van der Waals surface area contributed by atoms with Gasteiger partial charge in [-0.2, -0.15) is 12.7 Å². The molecule has 1 rings (SSSR count). The van der Waals surface area contributed by atoms with Crippen molar-refractivity contribution in [1.29, 1.82) is 0 Å². The van der Waals surface area contributed by atoms with Crippen molar-refractivity contribution in [3.8, 4) is 0 Å². The maximum Gasteiger partial charge on any atom is 0.299 e. The molecule has 0 atom stereocenters. The van der Waals surface area contributed by atoms with Gasteiger partial charge in [0.15, 0.2) is 0 Å². The molecule has 0 amide bonds. The lowest BCUT2D eigenvalue weighted by atomic mass is 9.86. The Morgan fingerprint density at radius 3 is 2.36 bits per heavy atom. The number of hydrogen-bond acceptors (Lipinski definition) is 2. The van der Waals surface area contributed by atoms with E-state index in [9.17, 15) is 8.42 Å². The molecule has 0 heterocycles. The van der Waals surface area contributed by atoms with Gasteiger partial charge in [-0.15, -0.1) is 0 Å². The standard InChI is InChI=1S/C6H12ClNO2S/c1-8(11(7,9)10)5-6-3-2-4-6/h6H,2-5H2,1H3. The predicted molar refractivity (Wildman–Crippen MR) is 44.7 cm³/mol. The van der Waals surface area contributed by atoms with Crippen LogP contribution in [0.4, 0.5) is 0 Å². The van der Waals surface area contributed by atoms with E-state index >= 15 is 0 Å². The molecule has 3 nitrogen and oxygen atoms in total. The zero-order valence-corrected chi connectivity index (χ0v) is 8.03. The van der Waals surface area contributed by atoms with Gasteiger partial charge in [-0.3, -0.25) is 0 Å². The van der Waals surface area contributed by atoms with Gasteiger partial charge in [0, 0.05) is 24.3 Å². The van der Waals surface area contributed by atoms with Crippen LogP contribution >= 0.6 is 10.7 Å². The molecule has 0 aliphatic heterocycles. The fourth-order valence-electron chi connectivity index (χ4n) is 1.13. The van der Waals surface area contributed by atoms with Gasteiger partial charge in [-0.25, -0.2) is 0 Å². The lowest BCUT2D eigenvalue weighted by Crippen LogP contribution is -2.31. The highest BCUT2D eigenvalue weighted by atomic mass is 35.7. The fraction of sp³-hybridized carbons (Fsp3) is 1.00.